The SMILES string of the molecule is O=C(COc1cccc(Br)c1)OCC(=O)N1CCN(C(=O)c2cccs2)CC1. The first-order valence-electron chi connectivity index (χ1n) is 8.67. The summed E-state index contributed by atoms with van der Waals surface area (Å²) in [5, 5.41) is 1.86. The highest BCUT2D eigenvalue weighted by Gasteiger charge is 2.25. The zero-order chi connectivity index (χ0) is 19.9. The van der Waals surface area contributed by atoms with Gasteiger partial charge in [0.15, 0.2) is 13.2 Å². The maximum atomic E-state index is 12.3. The van der Waals surface area contributed by atoms with Gasteiger partial charge in [0.1, 0.15) is 5.75 Å². The van der Waals surface area contributed by atoms with Crippen molar-refractivity contribution in [2.75, 3.05) is 39.4 Å². The monoisotopic (exact) mass is 466 g/mol. The van der Waals surface area contributed by atoms with Crippen LogP contribution in [-0.2, 0) is 14.3 Å². The smallest absolute Gasteiger partial charge is 0.344 e. The molecule has 1 aliphatic rings. The Hall–Kier alpha value is -2.39. The Bertz CT molecular complexity index is 835. The lowest BCUT2D eigenvalue weighted by atomic mass is 10.3. The highest BCUT2D eigenvalue weighted by Crippen LogP contribution is 2.17. The quantitative estimate of drug-likeness (QED) is 0.611. The summed E-state index contributed by atoms with van der Waals surface area (Å²) >= 11 is 4.72. The van der Waals surface area contributed by atoms with Gasteiger partial charge in [0.2, 0.25) is 0 Å². The molecule has 0 radical (unpaired) electrons. The molecule has 0 atom stereocenters. The molecule has 2 heterocycles. The molecule has 0 bridgehead atoms. The minimum Gasteiger partial charge on any atom is -0.482 e. The third kappa shape index (κ3) is 5.56. The van der Waals surface area contributed by atoms with Crippen LogP contribution < -0.4 is 4.74 Å². The molecule has 0 saturated carbocycles. The fourth-order valence-corrected chi connectivity index (χ4v) is 3.76. The molecule has 9 heteroatoms. The number of nitrogens with zero attached hydrogens (tertiary/aromatic N) is 2. The number of carbonyl (C=O) groups is 3. The summed E-state index contributed by atoms with van der Waals surface area (Å²) in [5.74, 6) is -0.374. The van der Waals surface area contributed by atoms with Crippen molar-refractivity contribution < 1.29 is 23.9 Å². The summed E-state index contributed by atoms with van der Waals surface area (Å²) in [5.41, 5.74) is 0. The lowest BCUT2D eigenvalue weighted by molar-refractivity contribution is -0.154. The zero-order valence-electron chi connectivity index (χ0n) is 15.0. The Balaban J connectivity index is 1.37. The summed E-state index contributed by atoms with van der Waals surface area (Å²) in [6.07, 6.45) is 0. The summed E-state index contributed by atoms with van der Waals surface area (Å²) in [7, 11) is 0. The van der Waals surface area contributed by atoms with Crippen molar-refractivity contribution in [3.8, 4) is 5.75 Å². The molecule has 1 saturated heterocycles. The molecular weight excluding hydrogens is 448 g/mol. The molecule has 0 unspecified atom stereocenters. The van der Waals surface area contributed by atoms with Gasteiger partial charge < -0.3 is 19.3 Å². The van der Waals surface area contributed by atoms with Crippen molar-refractivity contribution in [3.63, 3.8) is 0 Å². The number of halogens is 1. The molecule has 0 spiro atoms. The van der Waals surface area contributed by atoms with Gasteiger partial charge in [-0.25, -0.2) is 4.79 Å². The number of amides is 2. The largest absolute Gasteiger partial charge is 0.482 e. The zero-order valence-corrected chi connectivity index (χ0v) is 17.4. The van der Waals surface area contributed by atoms with Crippen molar-refractivity contribution >= 4 is 45.1 Å². The van der Waals surface area contributed by atoms with Gasteiger partial charge >= 0.3 is 5.97 Å². The molecule has 0 N–H and O–H groups in total. The van der Waals surface area contributed by atoms with Gasteiger partial charge in [0.25, 0.3) is 11.8 Å². The van der Waals surface area contributed by atoms with E-state index in [2.05, 4.69) is 15.9 Å². The number of rotatable bonds is 6. The minimum atomic E-state index is -0.611. The maximum Gasteiger partial charge on any atom is 0.344 e. The van der Waals surface area contributed by atoms with E-state index >= 15 is 0 Å². The Morgan fingerprint density at radius 1 is 1.00 bits per heavy atom. The Morgan fingerprint density at radius 2 is 1.75 bits per heavy atom. The van der Waals surface area contributed by atoms with Gasteiger partial charge in [-0.1, -0.05) is 28.1 Å². The van der Waals surface area contributed by atoms with Crippen LogP contribution in [0.25, 0.3) is 0 Å². The average molecular weight is 467 g/mol. The Labute approximate surface area is 175 Å². The average Bonchev–Trinajstić information content (AvgIpc) is 3.25. The number of hydrogen-bond acceptors (Lipinski definition) is 6. The number of piperazine rings is 1. The Kier molecular flexibility index (Phi) is 7.05. The van der Waals surface area contributed by atoms with Crippen LogP contribution in [-0.4, -0.2) is 67.0 Å². The van der Waals surface area contributed by atoms with Crippen molar-refractivity contribution in [3.05, 3.63) is 51.1 Å². The van der Waals surface area contributed by atoms with E-state index in [1.807, 2.05) is 17.5 Å². The van der Waals surface area contributed by atoms with E-state index in [-0.39, 0.29) is 25.0 Å². The van der Waals surface area contributed by atoms with E-state index < -0.39 is 5.97 Å². The topological polar surface area (TPSA) is 76.2 Å². The van der Waals surface area contributed by atoms with Crippen LogP contribution in [0.2, 0.25) is 0 Å². The van der Waals surface area contributed by atoms with Crippen molar-refractivity contribution in [2.45, 2.75) is 0 Å². The van der Waals surface area contributed by atoms with Crippen molar-refractivity contribution in [2.24, 2.45) is 0 Å². The third-order valence-corrected chi connectivity index (χ3v) is 5.51. The lowest BCUT2D eigenvalue weighted by Crippen LogP contribution is -2.51. The normalized spacial score (nSPS) is 13.9. The Morgan fingerprint density at radius 3 is 2.43 bits per heavy atom. The first-order valence-corrected chi connectivity index (χ1v) is 10.3. The summed E-state index contributed by atoms with van der Waals surface area (Å²) in [4.78, 5) is 40.3. The summed E-state index contributed by atoms with van der Waals surface area (Å²) < 4.78 is 11.2. The van der Waals surface area contributed by atoms with Gasteiger partial charge in [-0.15, -0.1) is 11.3 Å². The van der Waals surface area contributed by atoms with Crippen LogP contribution in [0.1, 0.15) is 9.67 Å². The molecular formula is C19H19BrN2O5S. The molecule has 7 nitrogen and oxygen atoms in total. The number of hydrogen-bond donors (Lipinski definition) is 0. The number of ether oxygens (including phenoxy) is 2. The van der Waals surface area contributed by atoms with Crippen LogP contribution in [0.5, 0.6) is 5.75 Å². The lowest BCUT2D eigenvalue weighted by Gasteiger charge is -2.34. The molecule has 1 fully saturated rings. The minimum absolute atomic E-state index is 0.0155. The standard InChI is InChI=1S/C19H19BrN2O5S/c20-14-3-1-4-15(11-14)26-13-18(24)27-12-17(23)21-6-8-22(9-7-21)19(25)16-5-2-10-28-16/h1-5,10-11H,6-9,12-13H2. The fourth-order valence-electron chi connectivity index (χ4n) is 2.69. The van der Waals surface area contributed by atoms with Crippen LogP contribution in [0.4, 0.5) is 0 Å². The van der Waals surface area contributed by atoms with Gasteiger partial charge in [-0.05, 0) is 29.6 Å². The van der Waals surface area contributed by atoms with E-state index in [4.69, 9.17) is 9.47 Å². The van der Waals surface area contributed by atoms with Crippen LogP contribution in [0.15, 0.2) is 46.3 Å². The van der Waals surface area contributed by atoms with Crippen LogP contribution >= 0.6 is 27.3 Å². The van der Waals surface area contributed by atoms with Gasteiger partial charge in [0.05, 0.1) is 4.88 Å². The molecule has 3 rings (SSSR count). The summed E-state index contributed by atoms with van der Waals surface area (Å²) in [6.45, 7) is 1.15. The van der Waals surface area contributed by atoms with E-state index in [0.29, 0.717) is 36.8 Å². The first kappa shape index (κ1) is 20.3. The second-order valence-electron chi connectivity index (χ2n) is 6.06. The third-order valence-electron chi connectivity index (χ3n) is 4.16. The molecule has 28 heavy (non-hydrogen) atoms. The van der Waals surface area contributed by atoms with Gasteiger partial charge in [-0.2, -0.15) is 0 Å². The first-order chi connectivity index (χ1) is 13.5. The molecule has 1 aliphatic heterocycles. The maximum absolute atomic E-state index is 12.3. The predicted molar refractivity (Wildman–Crippen MR) is 107 cm³/mol. The van der Waals surface area contributed by atoms with Crippen LogP contribution in [0, 0.1) is 0 Å². The predicted octanol–water partition coefficient (Wildman–Crippen LogP) is 2.42. The molecule has 1 aromatic heterocycles. The highest BCUT2D eigenvalue weighted by molar-refractivity contribution is 9.10. The van der Waals surface area contributed by atoms with Crippen molar-refractivity contribution in [1.82, 2.24) is 9.80 Å². The van der Waals surface area contributed by atoms with Crippen LogP contribution in [0.3, 0.4) is 0 Å². The number of benzene rings is 1. The van der Waals surface area contributed by atoms with E-state index in [1.165, 1.54) is 11.3 Å². The van der Waals surface area contributed by atoms with E-state index in [1.54, 1.807) is 34.1 Å². The van der Waals surface area contributed by atoms with E-state index in [0.717, 1.165) is 4.47 Å². The molecule has 1 aromatic carbocycles. The van der Waals surface area contributed by atoms with Crippen molar-refractivity contribution in [1.29, 1.82) is 0 Å². The van der Waals surface area contributed by atoms with Gasteiger partial charge in [0, 0.05) is 30.7 Å². The molecule has 148 valence electrons. The second kappa shape index (κ2) is 9.70. The number of thiophene rings is 1. The highest BCUT2D eigenvalue weighted by atomic mass is 79.9. The second-order valence-corrected chi connectivity index (χ2v) is 7.92. The molecule has 0 aliphatic carbocycles. The molecule has 2 aromatic rings. The fraction of sp³-hybridized carbons (Fsp3) is 0.316. The number of esters is 1. The molecule has 2 amide bonds. The number of carbonyl (C=O) groups excluding carboxylic acids is 3. The van der Waals surface area contributed by atoms with E-state index in [9.17, 15) is 14.4 Å². The van der Waals surface area contributed by atoms with Gasteiger partial charge in [-0.3, -0.25) is 9.59 Å². The summed E-state index contributed by atoms with van der Waals surface area (Å²) in [6, 6.07) is 10.7.